The van der Waals surface area contributed by atoms with Crippen LogP contribution in [0.4, 0.5) is 0 Å². The number of nitrogens with two attached hydrogens (primary N) is 1. The highest BCUT2D eigenvalue weighted by Gasteiger charge is 2.19. The third-order valence-electron chi connectivity index (χ3n) is 5.90. The molecule has 1 fully saturated rings. The molecule has 28 heavy (non-hydrogen) atoms. The van der Waals surface area contributed by atoms with Crippen molar-refractivity contribution in [2.75, 3.05) is 39.3 Å². The zero-order valence-electron chi connectivity index (χ0n) is 16.7. The van der Waals surface area contributed by atoms with Gasteiger partial charge in [0.15, 0.2) is 0 Å². The Morgan fingerprint density at radius 3 is 2.43 bits per heavy atom. The second kappa shape index (κ2) is 9.37. The first-order valence-corrected chi connectivity index (χ1v) is 10.6. The Balaban J connectivity index is 1.18. The summed E-state index contributed by atoms with van der Waals surface area (Å²) in [6.45, 7) is 6.77. The first kappa shape index (κ1) is 19.2. The van der Waals surface area contributed by atoms with Crippen LogP contribution in [0.1, 0.15) is 17.5 Å². The topological polar surface area (TPSA) is 48.3 Å². The van der Waals surface area contributed by atoms with Gasteiger partial charge in [0.05, 0.1) is 0 Å². The molecule has 0 radical (unpaired) electrons. The van der Waals surface area contributed by atoms with Gasteiger partial charge in [-0.3, -0.25) is 4.90 Å². The van der Waals surface area contributed by atoms with Gasteiger partial charge in [0.2, 0.25) is 0 Å². The van der Waals surface area contributed by atoms with E-state index in [1.54, 1.807) is 0 Å². The van der Waals surface area contributed by atoms with Gasteiger partial charge >= 0.3 is 0 Å². The summed E-state index contributed by atoms with van der Waals surface area (Å²) in [4.78, 5) is 8.50. The van der Waals surface area contributed by atoms with Crippen molar-refractivity contribution in [3.8, 4) is 0 Å². The molecule has 0 bridgehead atoms. The summed E-state index contributed by atoms with van der Waals surface area (Å²) < 4.78 is 0. The fourth-order valence-electron chi connectivity index (χ4n) is 4.33. The van der Waals surface area contributed by atoms with Crippen LogP contribution in [0.5, 0.6) is 0 Å². The summed E-state index contributed by atoms with van der Waals surface area (Å²) in [7, 11) is 0. The van der Waals surface area contributed by atoms with Crippen molar-refractivity contribution in [2.45, 2.75) is 25.3 Å². The monoisotopic (exact) mass is 376 g/mol. The first-order valence-electron chi connectivity index (χ1n) is 10.6. The number of aromatic nitrogens is 1. The highest BCUT2D eigenvalue weighted by atomic mass is 15.3. The lowest BCUT2D eigenvalue weighted by Gasteiger charge is -2.35. The van der Waals surface area contributed by atoms with Crippen LogP contribution >= 0.6 is 0 Å². The number of benzene rings is 2. The van der Waals surface area contributed by atoms with E-state index in [-0.39, 0.29) is 6.04 Å². The standard InChI is InChI=1S/C24H32N4/c25-22(17-21-18-26-24-11-5-4-10-23(21)24)19-28-15-13-27(14-16-28)12-6-9-20-7-2-1-3-8-20/h1-5,7-8,10-11,18,22,26H,6,9,12-17,19,25H2/t22-/m0/s1. The van der Waals surface area contributed by atoms with E-state index in [0.29, 0.717) is 0 Å². The Kier molecular flexibility index (Phi) is 6.42. The lowest BCUT2D eigenvalue weighted by atomic mass is 10.0. The summed E-state index contributed by atoms with van der Waals surface area (Å²) in [6, 6.07) is 19.5. The predicted molar refractivity (Wildman–Crippen MR) is 118 cm³/mol. The van der Waals surface area contributed by atoms with E-state index in [2.05, 4.69) is 75.6 Å². The van der Waals surface area contributed by atoms with E-state index < -0.39 is 0 Å². The van der Waals surface area contributed by atoms with Gasteiger partial charge in [-0.25, -0.2) is 0 Å². The second-order valence-corrected chi connectivity index (χ2v) is 8.06. The molecule has 0 spiro atoms. The third kappa shape index (κ3) is 5.02. The van der Waals surface area contributed by atoms with E-state index in [1.165, 1.54) is 41.4 Å². The molecule has 0 amide bonds. The van der Waals surface area contributed by atoms with Crippen molar-refractivity contribution in [1.82, 2.24) is 14.8 Å². The molecule has 148 valence electrons. The van der Waals surface area contributed by atoms with Crippen LogP contribution < -0.4 is 5.73 Å². The van der Waals surface area contributed by atoms with Gasteiger partial charge in [0, 0.05) is 55.9 Å². The first-order chi connectivity index (χ1) is 13.8. The maximum atomic E-state index is 6.50. The molecule has 2 aromatic carbocycles. The van der Waals surface area contributed by atoms with E-state index in [0.717, 1.165) is 39.1 Å². The van der Waals surface area contributed by atoms with Crippen LogP contribution in [-0.4, -0.2) is 60.1 Å². The Hall–Kier alpha value is -2.14. The molecule has 3 N–H and O–H groups in total. The molecule has 2 heterocycles. The van der Waals surface area contributed by atoms with Crippen molar-refractivity contribution >= 4 is 10.9 Å². The lowest BCUT2D eigenvalue weighted by molar-refractivity contribution is 0.126. The van der Waals surface area contributed by atoms with Gasteiger partial charge in [0.1, 0.15) is 0 Å². The molecule has 4 heteroatoms. The molecular formula is C24H32N4. The van der Waals surface area contributed by atoms with Crippen LogP contribution in [0, 0.1) is 0 Å². The highest BCUT2D eigenvalue weighted by molar-refractivity contribution is 5.83. The number of hydrogen-bond donors (Lipinski definition) is 2. The molecule has 1 aliphatic heterocycles. The lowest BCUT2D eigenvalue weighted by Crippen LogP contribution is -2.50. The zero-order chi connectivity index (χ0) is 19.2. The van der Waals surface area contributed by atoms with E-state index >= 15 is 0 Å². The average molecular weight is 377 g/mol. The Bertz CT molecular complexity index is 849. The maximum absolute atomic E-state index is 6.50. The van der Waals surface area contributed by atoms with Gasteiger partial charge in [-0.2, -0.15) is 0 Å². The van der Waals surface area contributed by atoms with Crippen molar-refractivity contribution < 1.29 is 0 Å². The molecule has 4 rings (SSSR count). The summed E-state index contributed by atoms with van der Waals surface area (Å²) in [5, 5.41) is 1.31. The third-order valence-corrected chi connectivity index (χ3v) is 5.90. The number of aromatic amines is 1. The number of hydrogen-bond acceptors (Lipinski definition) is 3. The molecule has 1 saturated heterocycles. The smallest absolute Gasteiger partial charge is 0.0456 e. The summed E-state index contributed by atoms with van der Waals surface area (Å²) >= 11 is 0. The number of nitrogens with one attached hydrogen (secondary N) is 1. The quantitative estimate of drug-likeness (QED) is 0.634. The normalized spacial score (nSPS) is 17.2. The van der Waals surface area contributed by atoms with E-state index in [4.69, 9.17) is 5.73 Å². The minimum absolute atomic E-state index is 0.184. The molecule has 1 aromatic heterocycles. The summed E-state index contributed by atoms with van der Waals surface area (Å²) in [6.07, 6.45) is 5.47. The second-order valence-electron chi connectivity index (χ2n) is 8.06. The molecule has 4 nitrogen and oxygen atoms in total. The number of aryl methyl sites for hydroxylation is 1. The van der Waals surface area contributed by atoms with Crippen molar-refractivity contribution in [3.05, 3.63) is 71.9 Å². The Labute approximate surface area is 168 Å². The van der Waals surface area contributed by atoms with Crippen LogP contribution in [0.25, 0.3) is 10.9 Å². The minimum atomic E-state index is 0.184. The fourth-order valence-corrected chi connectivity index (χ4v) is 4.33. The molecule has 0 aliphatic carbocycles. The van der Waals surface area contributed by atoms with Crippen LogP contribution in [0.3, 0.4) is 0 Å². The molecular weight excluding hydrogens is 344 g/mol. The highest BCUT2D eigenvalue weighted by Crippen LogP contribution is 2.19. The number of rotatable bonds is 8. The van der Waals surface area contributed by atoms with Gasteiger partial charge in [-0.05, 0) is 43.0 Å². The van der Waals surface area contributed by atoms with Gasteiger partial charge in [-0.1, -0.05) is 48.5 Å². The molecule has 0 unspecified atom stereocenters. The number of para-hydroxylation sites is 1. The maximum Gasteiger partial charge on any atom is 0.0456 e. The predicted octanol–water partition coefficient (Wildman–Crippen LogP) is 3.29. The summed E-state index contributed by atoms with van der Waals surface area (Å²) in [5.74, 6) is 0. The molecule has 0 saturated carbocycles. The minimum Gasteiger partial charge on any atom is -0.361 e. The molecule has 1 aliphatic rings. The molecule has 3 aromatic rings. The van der Waals surface area contributed by atoms with Crippen molar-refractivity contribution in [3.63, 3.8) is 0 Å². The van der Waals surface area contributed by atoms with E-state index in [9.17, 15) is 0 Å². The zero-order valence-corrected chi connectivity index (χ0v) is 16.7. The van der Waals surface area contributed by atoms with E-state index in [1.807, 2.05) is 0 Å². The van der Waals surface area contributed by atoms with Crippen LogP contribution in [-0.2, 0) is 12.8 Å². The van der Waals surface area contributed by atoms with Crippen LogP contribution in [0.2, 0.25) is 0 Å². The average Bonchev–Trinajstić information content (AvgIpc) is 3.13. The Morgan fingerprint density at radius 1 is 0.893 bits per heavy atom. The van der Waals surface area contributed by atoms with Crippen molar-refractivity contribution in [2.24, 2.45) is 5.73 Å². The summed E-state index contributed by atoms with van der Waals surface area (Å²) in [5.41, 5.74) is 10.5. The molecule has 1 atom stereocenters. The number of nitrogens with zero attached hydrogens (tertiary/aromatic N) is 2. The van der Waals surface area contributed by atoms with Gasteiger partial charge < -0.3 is 15.6 Å². The Morgan fingerprint density at radius 2 is 1.61 bits per heavy atom. The van der Waals surface area contributed by atoms with Crippen molar-refractivity contribution in [1.29, 1.82) is 0 Å². The largest absolute Gasteiger partial charge is 0.361 e. The van der Waals surface area contributed by atoms with Gasteiger partial charge in [0.25, 0.3) is 0 Å². The fraction of sp³-hybridized carbons (Fsp3) is 0.417. The van der Waals surface area contributed by atoms with Crippen LogP contribution in [0.15, 0.2) is 60.8 Å². The van der Waals surface area contributed by atoms with Gasteiger partial charge in [-0.15, -0.1) is 0 Å². The number of H-pyrrole nitrogens is 1. The number of fused-ring (bicyclic) bond motifs is 1. The SMILES string of the molecule is N[C@@H](Cc1c[nH]c2ccccc12)CN1CCN(CCCc2ccccc2)CC1. The number of piperazine rings is 1.